The Balaban J connectivity index is 0.000000147. The monoisotopic (exact) mass is 718 g/mol. The normalized spacial score (nSPS) is 15.3. The van der Waals surface area contributed by atoms with Crippen LogP contribution in [-0.4, -0.2) is 89.3 Å². The molecule has 6 aromatic heterocycles. The van der Waals surface area contributed by atoms with Crippen LogP contribution in [0.25, 0.3) is 38.3 Å². The van der Waals surface area contributed by atoms with Crippen molar-refractivity contribution in [2.45, 2.75) is 77.9 Å². The third-order valence-corrected chi connectivity index (χ3v) is 9.15. The number of likely N-dealkylation sites (tertiary alicyclic amines) is 1. The molecule has 6 aromatic rings. The summed E-state index contributed by atoms with van der Waals surface area (Å²) in [5.41, 5.74) is 6.11. The molecule has 1 fully saturated rings. The van der Waals surface area contributed by atoms with Crippen LogP contribution in [0.3, 0.4) is 0 Å². The molecule has 2 aliphatic heterocycles. The Morgan fingerprint density at radius 1 is 0.698 bits per heavy atom. The molecule has 0 aliphatic carbocycles. The molecule has 0 radical (unpaired) electrons. The zero-order chi connectivity index (χ0) is 37.6. The van der Waals surface area contributed by atoms with Crippen LogP contribution >= 0.6 is 0 Å². The van der Waals surface area contributed by atoms with E-state index in [2.05, 4.69) is 48.2 Å². The molecule has 0 atom stereocenters. The molecule has 1 saturated heterocycles. The predicted octanol–water partition coefficient (Wildman–Crippen LogP) is 8.83. The molecular weight excluding hydrogens is 669 g/mol. The maximum atomic E-state index is 12.1. The van der Waals surface area contributed by atoms with E-state index in [1.54, 1.807) is 17.3 Å². The number of aromatic nitrogens is 6. The van der Waals surface area contributed by atoms with Crippen molar-refractivity contribution in [3.05, 3.63) is 97.2 Å². The highest BCUT2D eigenvalue weighted by atomic mass is 16.6. The minimum Gasteiger partial charge on any atom is -0.444 e. The first-order chi connectivity index (χ1) is 25.3. The lowest BCUT2D eigenvalue weighted by molar-refractivity contribution is 0.0203. The van der Waals surface area contributed by atoms with Gasteiger partial charge in [-0.1, -0.05) is 6.08 Å². The highest BCUT2D eigenvalue weighted by molar-refractivity contribution is 5.92. The van der Waals surface area contributed by atoms with Gasteiger partial charge in [-0.15, -0.1) is 0 Å². The molecule has 278 valence electrons. The quantitative estimate of drug-likeness (QED) is 0.162. The summed E-state index contributed by atoms with van der Waals surface area (Å²) in [5, 5.41) is 3.63. The number of fused-ring (bicyclic) bond motifs is 3. The Morgan fingerprint density at radius 2 is 1.28 bits per heavy atom. The van der Waals surface area contributed by atoms with Crippen LogP contribution in [0.5, 0.6) is 0 Å². The first-order valence-electron chi connectivity index (χ1n) is 18.2. The molecule has 12 nitrogen and oxygen atoms in total. The third-order valence-electron chi connectivity index (χ3n) is 9.15. The number of hydrogen-bond donors (Lipinski definition) is 3. The average molecular weight is 719 g/mol. The second-order valence-corrected chi connectivity index (χ2v) is 15.4. The van der Waals surface area contributed by atoms with Gasteiger partial charge in [0.2, 0.25) is 0 Å². The van der Waals surface area contributed by atoms with Gasteiger partial charge in [0.05, 0.1) is 35.1 Å². The van der Waals surface area contributed by atoms with Crippen LogP contribution in [0.1, 0.15) is 77.8 Å². The predicted molar refractivity (Wildman–Crippen MR) is 208 cm³/mol. The SMILES string of the molecule is CC(C)(C)OC(=O)N1CC=C(c2c[nH]c3cnccc23)CC1.CC(C)(C)OC(=O)N1CCC(c2c[nH]c3cnccc23)CC1.c1cc2cc[nH]c2cn1. The molecule has 53 heavy (non-hydrogen) atoms. The molecule has 2 aliphatic rings. The van der Waals surface area contributed by atoms with Crippen LogP contribution in [0.2, 0.25) is 0 Å². The smallest absolute Gasteiger partial charge is 0.410 e. The third kappa shape index (κ3) is 9.62. The number of aromatic amines is 3. The van der Waals surface area contributed by atoms with Crippen molar-refractivity contribution in [1.29, 1.82) is 0 Å². The number of hydrogen-bond acceptors (Lipinski definition) is 7. The largest absolute Gasteiger partial charge is 0.444 e. The van der Waals surface area contributed by atoms with Crippen LogP contribution in [0.15, 0.2) is 86.1 Å². The summed E-state index contributed by atoms with van der Waals surface area (Å²) in [4.78, 5) is 49.5. The van der Waals surface area contributed by atoms with Gasteiger partial charge in [0.15, 0.2) is 0 Å². The number of carbonyl (C=O) groups is 2. The summed E-state index contributed by atoms with van der Waals surface area (Å²) < 4.78 is 10.9. The summed E-state index contributed by atoms with van der Waals surface area (Å²) in [7, 11) is 0. The first-order valence-corrected chi connectivity index (χ1v) is 18.2. The lowest BCUT2D eigenvalue weighted by Crippen LogP contribution is -2.41. The van der Waals surface area contributed by atoms with Gasteiger partial charge < -0.3 is 34.2 Å². The first kappa shape index (κ1) is 37.1. The van der Waals surface area contributed by atoms with Crippen LogP contribution in [-0.2, 0) is 9.47 Å². The number of pyridine rings is 3. The number of piperidine rings is 1. The van der Waals surface area contributed by atoms with Gasteiger partial charge in [-0.2, -0.15) is 0 Å². The van der Waals surface area contributed by atoms with Crippen LogP contribution < -0.4 is 0 Å². The van der Waals surface area contributed by atoms with Gasteiger partial charge in [0.1, 0.15) is 11.2 Å². The standard InChI is InChI=1S/C17H23N3O2.C17H21N3O2.C7H6N2/c2*1-17(2,3)22-16(21)20-8-5-12(6-9-20)14-10-19-15-11-18-7-4-13(14)15;1-3-8-5-7-6(1)2-4-9-7/h4,7,10-12,19H,5-6,8-9H2,1-3H3;4-5,7,10-11,19H,6,8-9H2,1-3H3;1-5,9H. The molecule has 0 saturated carbocycles. The van der Waals surface area contributed by atoms with Crippen LogP contribution in [0, 0.1) is 0 Å². The van der Waals surface area contributed by atoms with E-state index < -0.39 is 11.2 Å². The Bertz CT molecular complexity index is 2150. The van der Waals surface area contributed by atoms with Gasteiger partial charge in [-0.3, -0.25) is 15.0 Å². The van der Waals surface area contributed by atoms with Crippen molar-refractivity contribution < 1.29 is 19.1 Å². The van der Waals surface area contributed by atoms with Crippen molar-refractivity contribution in [3.63, 3.8) is 0 Å². The minimum atomic E-state index is -0.453. The highest BCUT2D eigenvalue weighted by Crippen LogP contribution is 2.33. The van der Waals surface area contributed by atoms with E-state index >= 15 is 0 Å². The molecule has 0 unspecified atom stereocenters. The van der Waals surface area contributed by atoms with E-state index in [4.69, 9.17) is 9.47 Å². The minimum absolute atomic E-state index is 0.200. The number of ether oxygens (including phenoxy) is 2. The molecule has 0 aromatic carbocycles. The second kappa shape index (κ2) is 15.9. The molecule has 8 rings (SSSR count). The number of amides is 2. The number of H-pyrrole nitrogens is 3. The van der Waals surface area contributed by atoms with Crippen molar-refractivity contribution in [2.75, 3.05) is 26.2 Å². The van der Waals surface area contributed by atoms with Gasteiger partial charge in [-0.05, 0) is 102 Å². The molecule has 0 bridgehead atoms. The number of nitrogens with zero attached hydrogens (tertiary/aromatic N) is 5. The lowest BCUT2D eigenvalue weighted by atomic mass is 9.89. The molecule has 12 heteroatoms. The Labute approximate surface area is 310 Å². The van der Waals surface area contributed by atoms with Crippen molar-refractivity contribution in [2.24, 2.45) is 0 Å². The summed E-state index contributed by atoms with van der Waals surface area (Å²) in [5.74, 6) is 0.481. The second-order valence-electron chi connectivity index (χ2n) is 15.4. The van der Waals surface area contributed by atoms with Crippen LogP contribution in [0.4, 0.5) is 9.59 Å². The van der Waals surface area contributed by atoms with Crippen molar-refractivity contribution in [3.8, 4) is 0 Å². The maximum absolute atomic E-state index is 12.1. The lowest BCUT2D eigenvalue weighted by Gasteiger charge is -2.33. The fraction of sp³-hybridized carbons (Fsp3) is 0.390. The Hall–Kier alpha value is -5.65. The van der Waals surface area contributed by atoms with E-state index in [1.165, 1.54) is 32.9 Å². The van der Waals surface area contributed by atoms with E-state index in [0.29, 0.717) is 19.0 Å². The number of rotatable bonds is 2. The van der Waals surface area contributed by atoms with E-state index in [0.717, 1.165) is 48.9 Å². The zero-order valence-corrected chi connectivity index (χ0v) is 31.5. The van der Waals surface area contributed by atoms with Gasteiger partial charge in [0, 0.05) is 85.1 Å². The van der Waals surface area contributed by atoms with E-state index in [9.17, 15) is 9.59 Å². The summed E-state index contributed by atoms with van der Waals surface area (Å²) >= 11 is 0. The summed E-state index contributed by atoms with van der Waals surface area (Å²) in [6.07, 6.45) is 21.3. The zero-order valence-electron chi connectivity index (χ0n) is 31.5. The topological polar surface area (TPSA) is 145 Å². The highest BCUT2D eigenvalue weighted by Gasteiger charge is 2.29. The van der Waals surface area contributed by atoms with Crippen molar-refractivity contribution in [1.82, 2.24) is 39.7 Å². The number of carbonyl (C=O) groups excluding carboxylic acids is 2. The fourth-order valence-electron chi connectivity index (χ4n) is 6.57. The van der Waals surface area contributed by atoms with Gasteiger partial charge in [-0.25, -0.2) is 9.59 Å². The fourth-order valence-corrected chi connectivity index (χ4v) is 6.57. The molecular formula is C41H50N8O4. The molecule has 2 amide bonds. The molecule has 0 spiro atoms. The maximum Gasteiger partial charge on any atom is 0.410 e. The average Bonchev–Trinajstić information content (AvgIpc) is 3.90. The van der Waals surface area contributed by atoms with Gasteiger partial charge in [0.25, 0.3) is 0 Å². The Morgan fingerprint density at radius 3 is 1.91 bits per heavy atom. The van der Waals surface area contributed by atoms with Gasteiger partial charge >= 0.3 is 12.2 Å². The van der Waals surface area contributed by atoms with E-state index in [1.807, 2.05) is 102 Å². The summed E-state index contributed by atoms with van der Waals surface area (Å²) in [6.45, 7) is 14.1. The van der Waals surface area contributed by atoms with E-state index in [-0.39, 0.29) is 12.2 Å². The Kier molecular flexibility index (Phi) is 11.2. The number of nitrogens with one attached hydrogen (secondary N) is 3. The molecule has 3 N–H and O–H groups in total. The summed E-state index contributed by atoms with van der Waals surface area (Å²) in [6, 6.07) is 8.08. The molecule has 8 heterocycles. The van der Waals surface area contributed by atoms with Crippen molar-refractivity contribution >= 4 is 50.5 Å².